The van der Waals surface area contributed by atoms with Crippen LogP contribution in [0.2, 0.25) is 0 Å². The van der Waals surface area contributed by atoms with Gasteiger partial charge in [-0.25, -0.2) is 17.7 Å². The van der Waals surface area contributed by atoms with Crippen LogP contribution in [0.3, 0.4) is 0 Å². The van der Waals surface area contributed by atoms with Crippen molar-refractivity contribution in [3.63, 3.8) is 0 Å². The summed E-state index contributed by atoms with van der Waals surface area (Å²) < 4.78 is 25.3. The molecule has 1 amide bonds. The highest BCUT2D eigenvalue weighted by atomic mass is 32.2. The Morgan fingerprint density at radius 2 is 1.68 bits per heavy atom. The lowest BCUT2D eigenvalue weighted by Crippen LogP contribution is -2.26. The number of aromatic nitrogens is 1. The number of sulfonamides is 1. The molecule has 0 aliphatic rings. The summed E-state index contributed by atoms with van der Waals surface area (Å²) in [5.41, 5.74) is 0.873. The molecule has 1 heterocycles. The standard InChI is InChI=1S/C17H21N3O3S2/c1-19(2)17(21)16(13-8-6-5-7-9-13)24-15-11-10-14(12-18-15)25(22,23)20(3)4/h5-12,16H,1-4H3/t16-/m0/s1. The molecule has 0 aliphatic heterocycles. The number of hydrogen-bond donors (Lipinski definition) is 0. The van der Waals surface area contributed by atoms with Crippen LogP contribution in [0, 0.1) is 0 Å². The van der Waals surface area contributed by atoms with Crippen LogP contribution in [-0.4, -0.2) is 56.7 Å². The molecule has 0 fully saturated rings. The lowest BCUT2D eigenvalue weighted by molar-refractivity contribution is -0.128. The number of hydrogen-bond acceptors (Lipinski definition) is 5. The zero-order valence-electron chi connectivity index (χ0n) is 14.6. The fourth-order valence-corrected chi connectivity index (χ4v) is 4.00. The first kappa shape index (κ1) is 19.4. The monoisotopic (exact) mass is 379 g/mol. The molecule has 0 unspecified atom stereocenters. The summed E-state index contributed by atoms with van der Waals surface area (Å²) in [5.74, 6) is -0.0528. The highest BCUT2D eigenvalue weighted by molar-refractivity contribution is 8.00. The molecule has 1 atom stereocenters. The SMILES string of the molecule is CN(C)C(=O)[C@@H](Sc1ccc(S(=O)(=O)N(C)C)cn1)c1ccccc1. The molecule has 0 radical (unpaired) electrons. The number of pyridine rings is 1. The van der Waals surface area contributed by atoms with Crippen LogP contribution in [0.5, 0.6) is 0 Å². The second kappa shape index (κ2) is 7.99. The predicted molar refractivity (Wildman–Crippen MR) is 98.8 cm³/mol. The van der Waals surface area contributed by atoms with Crippen molar-refractivity contribution in [2.24, 2.45) is 0 Å². The number of benzene rings is 1. The van der Waals surface area contributed by atoms with Crippen molar-refractivity contribution in [3.8, 4) is 0 Å². The Bertz CT molecular complexity index is 820. The Labute approximate surface area is 152 Å². The molecule has 2 rings (SSSR count). The van der Waals surface area contributed by atoms with Gasteiger partial charge in [0.15, 0.2) is 0 Å². The van der Waals surface area contributed by atoms with Crippen LogP contribution in [0.15, 0.2) is 58.6 Å². The summed E-state index contributed by atoms with van der Waals surface area (Å²) in [5, 5.41) is 0.141. The number of carbonyl (C=O) groups is 1. The first-order chi connectivity index (χ1) is 11.7. The fraction of sp³-hybridized carbons (Fsp3) is 0.294. The van der Waals surface area contributed by atoms with Crippen molar-refractivity contribution in [3.05, 3.63) is 54.2 Å². The molecule has 8 heteroatoms. The Hall–Kier alpha value is -1.90. The van der Waals surface area contributed by atoms with E-state index in [0.717, 1.165) is 9.87 Å². The van der Waals surface area contributed by atoms with Gasteiger partial charge in [0, 0.05) is 34.4 Å². The van der Waals surface area contributed by atoms with Gasteiger partial charge in [-0.05, 0) is 17.7 Å². The van der Waals surface area contributed by atoms with Crippen LogP contribution in [-0.2, 0) is 14.8 Å². The largest absolute Gasteiger partial charge is 0.348 e. The number of amides is 1. The van der Waals surface area contributed by atoms with Crippen molar-refractivity contribution >= 4 is 27.7 Å². The van der Waals surface area contributed by atoms with E-state index in [4.69, 9.17) is 0 Å². The lowest BCUT2D eigenvalue weighted by Gasteiger charge is -2.20. The highest BCUT2D eigenvalue weighted by Gasteiger charge is 2.24. The van der Waals surface area contributed by atoms with Crippen molar-refractivity contribution in [1.82, 2.24) is 14.2 Å². The number of carbonyl (C=O) groups excluding carboxylic acids is 1. The smallest absolute Gasteiger partial charge is 0.244 e. The van der Waals surface area contributed by atoms with Crippen LogP contribution in [0.4, 0.5) is 0 Å². The van der Waals surface area contributed by atoms with E-state index in [2.05, 4.69) is 4.98 Å². The summed E-state index contributed by atoms with van der Waals surface area (Å²) >= 11 is 1.30. The summed E-state index contributed by atoms with van der Waals surface area (Å²) in [4.78, 5) is 18.4. The molecule has 2 aromatic rings. The topological polar surface area (TPSA) is 70.6 Å². The van der Waals surface area contributed by atoms with Crippen molar-refractivity contribution in [2.75, 3.05) is 28.2 Å². The molecule has 0 bridgehead atoms. The van der Waals surface area contributed by atoms with Gasteiger partial charge >= 0.3 is 0 Å². The molecule has 0 spiro atoms. The third kappa shape index (κ3) is 4.59. The number of nitrogens with zero attached hydrogens (tertiary/aromatic N) is 3. The zero-order chi connectivity index (χ0) is 18.6. The van der Waals surface area contributed by atoms with Crippen LogP contribution >= 0.6 is 11.8 Å². The molecule has 6 nitrogen and oxygen atoms in total. The van der Waals surface area contributed by atoms with Crippen molar-refractivity contribution in [2.45, 2.75) is 15.2 Å². The van der Waals surface area contributed by atoms with Gasteiger partial charge in [0.2, 0.25) is 15.9 Å². The summed E-state index contributed by atoms with van der Waals surface area (Å²) in [6, 6.07) is 12.6. The molecule has 25 heavy (non-hydrogen) atoms. The van der Waals surface area contributed by atoms with Gasteiger partial charge in [0.05, 0.1) is 5.03 Å². The third-order valence-corrected chi connectivity index (χ3v) is 6.48. The molecular formula is C17H21N3O3S2. The Morgan fingerprint density at radius 1 is 1.04 bits per heavy atom. The maximum Gasteiger partial charge on any atom is 0.244 e. The van der Waals surface area contributed by atoms with E-state index in [-0.39, 0.29) is 10.8 Å². The van der Waals surface area contributed by atoms with Gasteiger partial charge in [-0.3, -0.25) is 4.79 Å². The minimum Gasteiger partial charge on any atom is -0.348 e. The van der Waals surface area contributed by atoms with Gasteiger partial charge < -0.3 is 4.90 Å². The summed E-state index contributed by atoms with van der Waals surface area (Å²) in [7, 11) is 2.84. The fourth-order valence-electron chi connectivity index (χ4n) is 2.04. The third-order valence-electron chi connectivity index (χ3n) is 3.49. The van der Waals surface area contributed by atoms with E-state index >= 15 is 0 Å². The normalized spacial score (nSPS) is 12.8. The number of thioether (sulfide) groups is 1. The second-order valence-corrected chi connectivity index (χ2v) is 9.04. The molecule has 1 aromatic carbocycles. The molecule has 0 N–H and O–H groups in total. The van der Waals surface area contributed by atoms with Crippen LogP contribution in [0.1, 0.15) is 10.8 Å². The Kier molecular flexibility index (Phi) is 6.21. The first-order valence-electron chi connectivity index (χ1n) is 7.55. The Morgan fingerprint density at radius 3 is 2.16 bits per heavy atom. The van der Waals surface area contributed by atoms with Crippen LogP contribution < -0.4 is 0 Å². The minimum absolute atomic E-state index is 0.0528. The van der Waals surface area contributed by atoms with Gasteiger partial charge in [-0.2, -0.15) is 0 Å². The maximum absolute atomic E-state index is 12.5. The molecule has 0 saturated carbocycles. The first-order valence-corrected chi connectivity index (χ1v) is 9.87. The van der Waals surface area contributed by atoms with E-state index < -0.39 is 15.3 Å². The van der Waals surface area contributed by atoms with E-state index in [1.54, 1.807) is 20.2 Å². The number of rotatable bonds is 6. The lowest BCUT2D eigenvalue weighted by atomic mass is 10.1. The average Bonchev–Trinajstić information content (AvgIpc) is 2.60. The Balaban J connectivity index is 2.29. The van der Waals surface area contributed by atoms with Crippen molar-refractivity contribution in [1.29, 1.82) is 0 Å². The minimum atomic E-state index is -3.52. The molecule has 0 aliphatic carbocycles. The average molecular weight is 380 g/mol. The van der Waals surface area contributed by atoms with Crippen molar-refractivity contribution < 1.29 is 13.2 Å². The predicted octanol–water partition coefficient (Wildman–Crippen LogP) is 2.25. The maximum atomic E-state index is 12.5. The molecule has 1 aromatic heterocycles. The zero-order valence-corrected chi connectivity index (χ0v) is 16.2. The van der Waals surface area contributed by atoms with E-state index in [0.29, 0.717) is 5.03 Å². The number of likely N-dealkylation sites (N-methyl/N-ethyl adjacent to an activating group) is 1. The van der Waals surface area contributed by atoms with Gasteiger partial charge in [0.25, 0.3) is 0 Å². The highest BCUT2D eigenvalue weighted by Crippen LogP contribution is 2.35. The summed E-state index contributed by atoms with van der Waals surface area (Å²) in [6.07, 6.45) is 1.32. The quantitative estimate of drug-likeness (QED) is 0.720. The van der Waals surface area contributed by atoms with Gasteiger partial charge in [-0.15, -0.1) is 0 Å². The van der Waals surface area contributed by atoms with Crippen LogP contribution in [0.25, 0.3) is 0 Å². The molecule has 0 saturated heterocycles. The van der Waals surface area contributed by atoms with Gasteiger partial charge in [0.1, 0.15) is 10.1 Å². The summed E-state index contributed by atoms with van der Waals surface area (Å²) in [6.45, 7) is 0. The van der Waals surface area contributed by atoms with E-state index in [1.807, 2.05) is 30.3 Å². The van der Waals surface area contributed by atoms with E-state index in [1.165, 1.54) is 43.0 Å². The molecular weight excluding hydrogens is 358 g/mol. The molecule has 134 valence electrons. The van der Waals surface area contributed by atoms with E-state index in [9.17, 15) is 13.2 Å². The second-order valence-electron chi connectivity index (χ2n) is 5.76. The van der Waals surface area contributed by atoms with Gasteiger partial charge in [-0.1, -0.05) is 42.1 Å².